The molecule has 0 aliphatic carbocycles. The molecule has 1 aromatic carbocycles. The Kier molecular flexibility index (Phi) is 7.60. The van der Waals surface area contributed by atoms with Gasteiger partial charge in [0.2, 0.25) is 0 Å². The maximum absolute atomic E-state index is 11.7. The lowest BCUT2D eigenvalue weighted by Crippen LogP contribution is -2.40. The van der Waals surface area contributed by atoms with E-state index in [4.69, 9.17) is 4.74 Å². The molecule has 0 fully saturated rings. The molecule has 0 aromatic heterocycles. The monoisotopic (exact) mass is 281 g/mol. The molecule has 0 radical (unpaired) electrons. The van der Waals surface area contributed by atoms with E-state index in [1.165, 1.54) is 11.1 Å². The van der Waals surface area contributed by atoms with E-state index < -0.39 is 0 Å². The van der Waals surface area contributed by atoms with E-state index in [-0.39, 0.29) is 12.0 Å². The molecule has 4 heteroatoms. The Morgan fingerprint density at radius 1 is 1.37 bits per heavy atom. The molecular formula is C15H23NO2S. The van der Waals surface area contributed by atoms with Crippen LogP contribution < -0.4 is 5.32 Å². The van der Waals surface area contributed by atoms with Crippen molar-refractivity contribution in [3.8, 4) is 0 Å². The van der Waals surface area contributed by atoms with Crippen molar-refractivity contribution in [1.29, 1.82) is 0 Å². The Labute approximate surface area is 120 Å². The number of thioether (sulfide) groups is 1. The largest absolute Gasteiger partial charge is 0.465 e. The molecule has 1 unspecified atom stereocenters. The predicted molar refractivity (Wildman–Crippen MR) is 81.4 cm³/mol. The first kappa shape index (κ1) is 16.1. The van der Waals surface area contributed by atoms with Gasteiger partial charge in [-0.25, -0.2) is 0 Å². The molecule has 1 N–H and O–H groups in total. The highest BCUT2D eigenvalue weighted by atomic mass is 32.2. The van der Waals surface area contributed by atoms with E-state index in [0.29, 0.717) is 6.61 Å². The van der Waals surface area contributed by atoms with Crippen molar-refractivity contribution in [2.75, 3.05) is 18.9 Å². The van der Waals surface area contributed by atoms with Gasteiger partial charge in [-0.15, -0.1) is 0 Å². The van der Waals surface area contributed by atoms with Crippen LogP contribution in [-0.2, 0) is 15.3 Å². The van der Waals surface area contributed by atoms with Gasteiger partial charge in [0.25, 0.3) is 0 Å². The van der Waals surface area contributed by atoms with Gasteiger partial charge >= 0.3 is 5.97 Å². The Morgan fingerprint density at radius 3 is 2.74 bits per heavy atom. The summed E-state index contributed by atoms with van der Waals surface area (Å²) in [6, 6.07) is 8.14. The van der Waals surface area contributed by atoms with Crippen molar-refractivity contribution in [2.24, 2.45) is 0 Å². The van der Waals surface area contributed by atoms with Crippen LogP contribution in [0.3, 0.4) is 0 Å². The number of nitrogens with one attached hydrogen (secondary N) is 1. The molecule has 3 nitrogen and oxygen atoms in total. The summed E-state index contributed by atoms with van der Waals surface area (Å²) in [5.74, 6) is 1.51. The number of carbonyl (C=O) groups excluding carboxylic acids is 1. The van der Waals surface area contributed by atoms with Gasteiger partial charge in [0, 0.05) is 11.5 Å². The van der Waals surface area contributed by atoms with Crippen LogP contribution in [0.4, 0.5) is 0 Å². The van der Waals surface area contributed by atoms with Gasteiger partial charge in [-0.05, 0) is 31.5 Å². The van der Waals surface area contributed by atoms with Gasteiger partial charge in [-0.2, -0.15) is 11.8 Å². The zero-order valence-corrected chi connectivity index (χ0v) is 12.8. The molecule has 0 aliphatic rings. The molecule has 0 amide bonds. The van der Waals surface area contributed by atoms with Gasteiger partial charge in [-0.3, -0.25) is 4.79 Å². The van der Waals surface area contributed by atoms with Crippen LogP contribution in [0.25, 0.3) is 0 Å². The number of ether oxygens (including phenoxy) is 1. The Morgan fingerprint density at radius 2 is 2.11 bits per heavy atom. The molecule has 106 valence electrons. The third kappa shape index (κ3) is 5.66. The molecule has 19 heavy (non-hydrogen) atoms. The number of hydrogen-bond acceptors (Lipinski definition) is 4. The van der Waals surface area contributed by atoms with Crippen molar-refractivity contribution in [3.05, 3.63) is 35.4 Å². The minimum absolute atomic E-state index is 0.151. The summed E-state index contributed by atoms with van der Waals surface area (Å²) in [5, 5.41) is 3.17. The molecule has 0 spiro atoms. The van der Waals surface area contributed by atoms with Crippen LogP contribution in [0, 0.1) is 6.92 Å². The number of esters is 1. The summed E-state index contributed by atoms with van der Waals surface area (Å²) in [6.45, 7) is 7.15. The molecule has 0 saturated carbocycles. The lowest BCUT2D eigenvalue weighted by molar-refractivity contribution is -0.144. The lowest BCUT2D eigenvalue weighted by Gasteiger charge is -2.16. The maximum Gasteiger partial charge on any atom is 0.323 e. The van der Waals surface area contributed by atoms with Gasteiger partial charge < -0.3 is 10.1 Å². The topological polar surface area (TPSA) is 38.3 Å². The average Bonchev–Trinajstić information content (AvgIpc) is 2.40. The molecule has 1 rings (SSSR count). The highest BCUT2D eigenvalue weighted by Crippen LogP contribution is 2.16. The Hall–Kier alpha value is -1.00. The van der Waals surface area contributed by atoms with Gasteiger partial charge in [0.05, 0.1) is 6.61 Å². The van der Waals surface area contributed by atoms with Crippen LogP contribution in [0.2, 0.25) is 0 Å². The smallest absolute Gasteiger partial charge is 0.323 e. The molecular weight excluding hydrogens is 258 g/mol. The van der Waals surface area contributed by atoms with Crippen molar-refractivity contribution < 1.29 is 9.53 Å². The second-order valence-corrected chi connectivity index (χ2v) is 5.33. The third-order valence-electron chi connectivity index (χ3n) is 2.82. The van der Waals surface area contributed by atoms with Gasteiger partial charge in [0.15, 0.2) is 0 Å². The van der Waals surface area contributed by atoms with E-state index >= 15 is 0 Å². The first-order valence-corrected chi connectivity index (χ1v) is 7.86. The fraction of sp³-hybridized carbons (Fsp3) is 0.533. The minimum atomic E-state index is -0.209. The molecule has 0 aliphatic heterocycles. The Balaban J connectivity index is 2.44. The molecule has 0 saturated heterocycles. The fourth-order valence-electron chi connectivity index (χ4n) is 1.76. The minimum Gasteiger partial charge on any atom is -0.465 e. The number of likely N-dealkylation sites (N-methyl/N-ethyl adjacent to an activating group) is 1. The average molecular weight is 281 g/mol. The van der Waals surface area contributed by atoms with Crippen molar-refractivity contribution in [3.63, 3.8) is 0 Å². The number of aryl methyl sites for hydroxylation is 1. The SMILES string of the molecule is CCNC(CSCc1ccccc1C)C(=O)OCC. The second kappa shape index (κ2) is 8.99. The molecule has 0 heterocycles. The van der Waals surface area contributed by atoms with Gasteiger partial charge in [0.1, 0.15) is 6.04 Å². The van der Waals surface area contributed by atoms with E-state index in [1.807, 2.05) is 19.9 Å². The van der Waals surface area contributed by atoms with Crippen LogP contribution in [0.1, 0.15) is 25.0 Å². The van der Waals surface area contributed by atoms with Crippen molar-refractivity contribution in [2.45, 2.75) is 32.6 Å². The predicted octanol–water partition coefficient (Wildman–Crippen LogP) is 2.77. The summed E-state index contributed by atoms with van der Waals surface area (Å²) in [5.41, 5.74) is 2.62. The summed E-state index contributed by atoms with van der Waals surface area (Å²) in [4.78, 5) is 11.7. The molecule has 1 aromatic rings. The normalized spacial score (nSPS) is 12.2. The summed E-state index contributed by atoms with van der Waals surface area (Å²) in [6.07, 6.45) is 0. The highest BCUT2D eigenvalue weighted by molar-refractivity contribution is 7.98. The van der Waals surface area contributed by atoms with Crippen LogP contribution in [0.15, 0.2) is 24.3 Å². The van der Waals surface area contributed by atoms with E-state index in [9.17, 15) is 4.79 Å². The maximum atomic E-state index is 11.7. The standard InChI is InChI=1S/C15H23NO2S/c1-4-16-14(15(17)18-5-2)11-19-10-13-9-7-6-8-12(13)3/h6-9,14,16H,4-5,10-11H2,1-3H3. The number of hydrogen-bond donors (Lipinski definition) is 1. The lowest BCUT2D eigenvalue weighted by atomic mass is 10.1. The zero-order valence-electron chi connectivity index (χ0n) is 11.9. The second-order valence-electron chi connectivity index (χ2n) is 4.30. The highest BCUT2D eigenvalue weighted by Gasteiger charge is 2.18. The molecule has 0 bridgehead atoms. The van der Waals surface area contributed by atoms with E-state index in [1.54, 1.807) is 11.8 Å². The first-order chi connectivity index (χ1) is 9.19. The van der Waals surface area contributed by atoms with E-state index in [0.717, 1.165) is 18.1 Å². The fourth-order valence-corrected chi connectivity index (χ4v) is 2.91. The van der Waals surface area contributed by atoms with Gasteiger partial charge in [-0.1, -0.05) is 31.2 Å². The first-order valence-electron chi connectivity index (χ1n) is 6.71. The van der Waals surface area contributed by atoms with Crippen LogP contribution in [-0.4, -0.2) is 30.9 Å². The summed E-state index contributed by atoms with van der Waals surface area (Å²) < 4.78 is 5.07. The number of rotatable bonds is 8. The van der Waals surface area contributed by atoms with Crippen LogP contribution in [0.5, 0.6) is 0 Å². The van der Waals surface area contributed by atoms with Crippen molar-refractivity contribution >= 4 is 17.7 Å². The van der Waals surface area contributed by atoms with E-state index in [2.05, 4.69) is 30.4 Å². The quantitative estimate of drug-likeness (QED) is 0.744. The summed E-state index contributed by atoms with van der Waals surface area (Å²) in [7, 11) is 0. The molecule has 1 atom stereocenters. The third-order valence-corrected chi connectivity index (χ3v) is 3.91. The number of carbonyl (C=O) groups is 1. The Bertz CT molecular complexity index is 395. The van der Waals surface area contributed by atoms with Crippen molar-refractivity contribution in [1.82, 2.24) is 5.32 Å². The van der Waals surface area contributed by atoms with Crippen LogP contribution >= 0.6 is 11.8 Å². The summed E-state index contributed by atoms with van der Waals surface area (Å²) >= 11 is 1.76. The number of benzene rings is 1. The zero-order chi connectivity index (χ0) is 14.1.